The zero-order valence-electron chi connectivity index (χ0n) is 19.7. The van der Waals surface area contributed by atoms with Crippen LogP contribution >= 0.6 is 11.6 Å². The van der Waals surface area contributed by atoms with Crippen LogP contribution in [0.3, 0.4) is 0 Å². The van der Waals surface area contributed by atoms with Crippen molar-refractivity contribution in [3.05, 3.63) is 64.3 Å². The van der Waals surface area contributed by atoms with Gasteiger partial charge >= 0.3 is 0 Å². The second-order valence-corrected chi connectivity index (χ2v) is 10.0. The third-order valence-electron chi connectivity index (χ3n) is 6.91. The van der Waals surface area contributed by atoms with Gasteiger partial charge in [-0.1, -0.05) is 30.3 Å². The van der Waals surface area contributed by atoms with Crippen molar-refractivity contribution < 1.29 is 14.7 Å². The fraction of sp³-hybridized carbons (Fsp3) is 0.333. The topological polar surface area (TPSA) is 108 Å². The molecular formula is C27H30ClN3O3. The summed E-state index contributed by atoms with van der Waals surface area (Å²) in [5.74, 6) is -0.604. The van der Waals surface area contributed by atoms with Crippen LogP contribution in [0.2, 0.25) is 5.02 Å². The second-order valence-electron chi connectivity index (χ2n) is 9.63. The molecule has 1 aromatic heterocycles. The van der Waals surface area contributed by atoms with E-state index in [1.807, 2.05) is 39.0 Å². The van der Waals surface area contributed by atoms with Gasteiger partial charge in [-0.2, -0.15) is 0 Å². The Balaban J connectivity index is 1.97. The second kappa shape index (κ2) is 8.93. The number of halogens is 1. The normalized spacial score (nSPS) is 15.7. The van der Waals surface area contributed by atoms with Crippen molar-refractivity contribution in [3.8, 4) is 11.1 Å². The number of benzene rings is 2. The Hall–Kier alpha value is -3.09. The highest BCUT2D eigenvalue weighted by Crippen LogP contribution is 2.45. The summed E-state index contributed by atoms with van der Waals surface area (Å²) in [7, 11) is 0. The molecule has 0 fully saturated rings. The molecule has 3 aromatic rings. The number of fused-ring (bicyclic) bond motifs is 3. The quantitative estimate of drug-likeness (QED) is 0.380. The van der Waals surface area contributed by atoms with Gasteiger partial charge in [0.1, 0.15) is 0 Å². The number of aryl methyl sites for hydroxylation is 1. The highest BCUT2D eigenvalue weighted by atomic mass is 35.5. The molecule has 1 aliphatic carbocycles. The van der Waals surface area contributed by atoms with Crippen molar-refractivity contribution in [2.24, 2.45) is 11.7 Å². The van der Waals surface area contributed by atoms with E-state index in [0.717, 1.165) is 57.3 Å². The molecule has 34 heavy (non-hydrogen) atoms. The van der Waals surface area contributed by atoms with Crippen LogP contribution in [0, 0.1) is 12.8 Å². The van der Waals surface area contributed by atoms with E-state index in [-0.39, 0.29) is 18.2 Å². The summed E-state index contributed by atoms with van der Waals surface area (Å²) < 4.78 is 0. The SMILES string of the molecule is C=CC(=O)Nc1cccc(-c2c(Cl)cc(CC(N)=O)c3[nH]c4c(c23)CCC(C(C)(C)O)C4)c1C. The van der Waals surface area contributed by atoms with E-state index in [1.54, 1.807) is 6.07 Å². The van der Waals surface area contributed by atoms with E-state index >= 15 is 0 Å². The molecule has 0 spiro atoms. The average molecular weight is 480 g/mol. The van der Waals surface area contributed by atoms with E-state index in [1.165, 1.54) is 6.08 Å². The summed E-state index contributed by atoms with van der Waals surface area (Å²) in [6, 6.07) is 7.50. The number of amides is 2. The summed E-state index contributed by atoms with van der Waals surface area (Å²) in [5.41, 5.74) is 11.9. The minimum absolute atomic E-state index is 0.0687. The Kier molecular flexibility index (Phi) is 6.32. The number of aromatic nitrogens is 1. The lowest BCUT2D eigenvalue weighted by Crippen LogP contribution is -2.34. The summed E-state index contributed by atoms with van der Waals surface area (Å²) in [6.07, 6.45) is 3.63. The molecular weight excluding hydrogens is 450 g/mol. The number of aliphatic hydroxyl groups is 1. The summed E-state index contributed by atoms with van der Waals surface area (Å²) >= 11 is 6.87. The Labute approximate surface area is 204 Å². The minimum Gasteiger partial charge on any atom is -0.390 e. The lowest BCUT2D eigenvalue weighted by Gasteiger charge is -2.32. The first kappa shape index (κ1) is 24.0. The number of rotatable bonds is 6. The fourth-order valence-electron chi connectivity index (χ4n) is 5.06. The predicted octanol–water partition coefficient (Wildman–Crippen LogP) is 4.82. The maximum Gasteiger partial charge on any atom is 0.247 e. The molecule has 1 unspecified atom stereocenters. The van der Waals surface area contributed by atoms with Crippen LogP contribution in [-0.4, -0.2) is 27.5 Å². The molecule has 0 radical (unpaired) electrons. The van der Waals surface area contributed by atoms with Gasteiger partial charge in [0.15, 0.2) is 0 Å². The third-order valence-corrected chi connectivity index (χ3v) is 7.20. The summed E-state index contributed by atoms with van der Waals surface area (Å²) in [6.45, 7) is 9.16. The zero-order chi connectivity index (χ0) is 24.8. The molecule has 1 heterocycles. The molecule has 0 saturated carbocycles. The number of H-pyrrole nitrogens is 1. The van der Waals surface area contributed by atoms with E-state index in [4.69, 9.17) is 17.3 Å². The van der Waals surface area contributed by atoms with Crippen LogP contribution < -0.4 is 11.1 Å². The van der Waals surface area contributed by atoms with Crippen molar-refractivity contribution in [1.29, 1.82) is 0 Å². The van der Waals surface area contributed by atoms with Crippen LogP contribution in [0.15, 0.2) is 36.9 Å². The van der Waals surface area contributed by atoms with Gasteiger partial charge in [0, 0.05) is 27.4 Å². The molecule has 5 N–H and O–H groups in total. The number of aromatic amines is 1. The number of nitrogens with one attached hydrogen (secondary N) is 2. The highest BCUT2D eigenvalue weighted by molar-refractivity contribution is 6.35. The van der Waals surface area contributed by atoms with Crippen LogP contribution in [0.5, 0.6) is 0 Å². The molecule has 6 nitrogen and oxygen atoms in total. The van der Waals surface area contributed by atoms with Crippen molar-refractivity contribution in [1.82, 2.24) is 4.98 Å². The van der Waals surface area contributed by atoms with Gasteiger partial charge in [-0.3, -0.25) is 9.59 Å². The molecule has 1 atom stereocenters. The maximum absolute atomic E-state index is 11.9. The molecule has 1 aliphatic rings. The number of carbonyl (C=O) groups is 2. The Morgan fingerprint density at radius 2 is 2.12 bits per heavy atom. The molecule has 0 bridgehead atoms. The van der Waals surface area contributed by atoms with E-state index in [9.17, 15) is 14.7 Å². The number of nitrogens with two attached hydrogens (primary N) is 1. The van der Waals surface area contributed by atoms with Crippen LogP contribution in [0.1, 0.15) is 42.7 Å². The molecule has 178 valence electrons. The van der Waals surface area contributed by atoms with Gasteiger partial charge < -0.3 is 21.1 Å². The van der Waals surface area contributed by atoms with Gasteiger partial charge in [0.25, 0.3) is 0 Å². The Morgan fingerprint density at radius 3 is 2.76 bits per heavy atom. The minimum atomic E-state index is -0.792. The molecule has 2 amide bonds. The lowest BCUT2D eigenvalue weighted by molar-refractivity contribution is -0.117. The van der Waals surface area contributed by atoms with Gasteiger partial charge in [0.05, 0.1) is 17.5 Å². The fourth-order valence-corrected chi connectivity index (χ4v) is 5.39. The lowest BCUT2D eigenvalue weighted by atomic mass is 9.77. The number of hydrogen-bond acceptors (Lipinski definition) is 3. The first-order valence-corrected chi connectivity index (χ1v) is 11.8. The van der Waals surface area contributed by atoms with Gasteiger partial charge in [-0.25, -0.2) is 0 Å². The van der Waals surface area contributed by atoms with Gasteiger partial charge in [-0.05, 0) is 86.4 Å². The first-order chi connectivity index (χ1) is 16.0. The summed E-state index contributed by atoms with van der Waals surface area (Å²) in [4.78, 5) is 27.3. The standard InChI is InChI=1S/C27H30ClN3O3/c1-5-23(33)30-20-8-6-7-17(14(20)2)24-19(28)11-15(12-22(29)32)26-25(24)18-10-9-16(27(3,4)34)13-21(18)31-26/h5-8,11,16,31,34H,1,9-10,12-13H2,2-4H3,(H2,29,32)(H,30,33). The number of carbonyl (C=O) groups excluding carboxylic acids is 2. The van der Waals surface area contributed by atoms with E-state index < -0.39 is 11.5 Å². The van der Waals surface area contributed by atoms with Crippen molar-refractivity contribution in [2.75, 3.05) is 5.32 Å². The Morgan fingerprint density at radius 1 is 1.38 bits per heavy atom. The Bertz CT molecular complexity index is 1320. The predicted molar refractivity (Wildman–Crippen MR) is 137 cm³/mol. The smallest absolute Gasteiger partial charge is 0.247 e. The molecule has 7 heteroatoms. The molecule has 0 aliphatic heterocycles. The maximum atomic E-state index is 11.9. The van der Waals surface area contributed by atoms with Crippen molar-refractivity contribution in [3.63, 3.8) is 0 Å². The average Bonchev–Trinajstić information content (AvgIpc) is 3.14. The molecule has 4 rings (SSSR count). The molecule has 2 aromatic carbocycles. The monoisotopic (exact) mass is 479 g/mol. The number of anilines is 1. The van der Waals surface area contributed by atoms with Crippen molar-refractivity contribution >= 4 is 40.0 Å². The van der Waals surface area contributed by atoms with Gasteiger partial charge in [-0.15, -0.1) is 0 Å². The number of primary amides is 1. The summed E-state index contributed by atoms with van der Waals surface area (Å²) in [5, 5.41) is 15.0. The third kappa shape index (κ3) is 4.36. The van der Waals surface area contributed by atoms with E-state index in [0.29, 0.717) is 17.1 Å². The zero-order valence-corrected chi connectivity index (χ0v) is 20.5. The van der Waals surface area contributed by atoms with Gasteiger partial charge in [0.2, 0.25) is 11.8 Å². The van der Waals surface area contributed by atoms with Crippen molar-refractivity contribution in [2.45, 2.75) is 52.1 Å². The highest BCUT2D eigenvalue weighted by Gasteiger charge is 2.33. The van der Waals surface area contributed by atoms with E-state index in [2.05, 4.69) is 16.9 Å². The van der Waals surface area contributed by atoms with Crippen LogP contribution in [-0.2, 0) is 28.9 Å². The number of hydrogen-bond donors (Lipinski definition) is 4. The first-order valence-electron chi connectivity index (χ1n) is 11.4. The molecule has 0 saturated heterocycles. The van der Waals surface area contributed by atoms with Crippen LogP contribution in [0.25, 0.3) is 22.0 Å². The van der Waals surface area contributed by atoms with Crippen LogP contribution in [0.4, 0.5) is 5.69 Å². The largest absolute Gasteiger partial charge is 0.390 e.